The van der Waals surface area contributed by atoms with Crippen molar-refractivity contribution in [3.05, 3.63) is 29.8 Å². The highest BCUT2D eigenvalue weighted by molar-refractivity contribution is 5.08. The minimum Gasteiger partial charge on any atom is -0.395 e. The molecule has 0 aromatic carbocycles. The number of piperazine rings is 1. The number of hydrogen-bond donors (Lipinski definition) is 2. The van der Waals surface area contributed by atoms with Crippen molar-refractivity contribution >= 4 is 0 Å². The van der Waals surface area contributed by atoms with Crippen LogP contribution in [0.15, 0.2) is 18.3 Å². The Hall–Kier alpha value is -1.08. The molecule has 0 radical (unpaired) electrons. The smallest absolute Gasteiger partial charge is 0.141 e. The zero-order valence-electron chi connectivity index (χ0n) is 12.5. The van der Waals surface area contributed by atoms with E-state index in [0.717, 1.165) is 45.5 Å². The first-order chi connectivity index (χ1) is 10.1. The predicted octanol–water partition coefficient (Wildman–Crippen LogP) is 0.500. The quantitative estimate of drug-likeness (QED) is 0.801. The number of halogens is 1. The highest BCUT2D eigenvalue weighted by Gasteiger charge is 2.23. The van der Waals surface area contributed by atoms with Gasteiger partial charge in [-0.3, -0.25) is 9.88 Å². The summed E-state index contributed by atoms with van der Waals surface area (Å²) in [6.45, 7) is 7.46. The first-order valence-electron chi connectivity index (χ1n) is 7.45. The number of rotatable bonds is 6. The van der Waals surface area contributed by atoms with Crippen LogP contribution in [0, 0.1) is 11.7 Å². The summed E-state index contributed by atoms with van der Waals surface area (Å²) in [5.41, 5.74) is 0.516. The fourth-order valence-corrected chi connectivity index (χ4v) is 2.70. The Morgan fingerprint density at radius 3 is 2.48 bits per heavy atom. The van der Waals surface area contributed by atoms with Crippen LogP contribution in [0.5, 0.6) is 0 Å². The molecule has 0 aliphatic carbocycles. The van der Waals surface area contributed by atoms with E-state index in [1.165, 1.54) is 12.1 Å². The number of aliphatic hydroxyl groups is 2. The Bertz CT molecular complexity index is 421. The second kappa shape index (κ2) is 7.79. The van der Waals surface area contributed by atoms with E-state index in [1.54, 1.807) is 0 Å². The van der Waals surface area contributed by atoms with Gasteiger partial charge in [-0.15, -0.1) is 0 Å². The second-order valence-corrected chi connectivity index (χ2v) is 5.69. The lowest BCUT2D eigenvalue weighted by Crippen LogP contribution is -2.48. The van der Waals surface area contributed by atoms with Crippen LogP contribution in [0.4, 0.5) is 4.39 Å². The third kappa shape index (κ3) is 4.71. The molecule has 118 valence electrons. The minimum atomic E-state index is -0.680. The van der Waals surface area contributed by atoms with Crippen LogP contribution in [0.1, 0.15) is 18.7 Å². The second-order valence-electron chi connectivity index (χ2n) is 5.69. The first-order valence-corrected chi connectivity index (χ1v) is 7.45. The van der Waals surface area contributed by atoms with Gasteiger partial charge in [0.15, 0.2) is 0 Å². The third-order valence-corrected chi connectivity index (χ3v) is 4.02. The minimum absolute atomic E-state index is 0.0346. The van der Waals surface area contributed by atoms with Gasteiger partial charge in [0.1, 0.15) is 5.82 Å². The number of pyridine rings is 1. The molecule has 1 aromatic heterocycles. The highest BCUT2D eigenvalue weighted by atomic mass is 19.1. The molecular formula is C15H24FN3O2. The molecule has 6 heteroatoms. The van der Waals surface area contributed by atoms with Gasteiger partial charge < -0.3 is 15.1 Å². The van der Waals surface area contributed by atoms with E-state index in [0.29, 0.717) is 5.69 Å². The van der Waals surface area contributed by atoms with Gasteiger partial charge in [-0.05, 0) is 12.1 Å². The lowest BCUT2D eigenvalue weighted by molar-refractivity contribution is 0.0584. The maximum Gasteiger partial charge on any atom is 0.141 e. The molecule has 2 rings (SSSR count). The van der Waals surface area contributed by atoms with Crippen LogP contribution in [0.2, 0.25) is 0 Å². The van der Waals surface area contributed by atoms with E-state index >= 15 is 0 Å². The standard InChI is InChI=1S/C15H24FN3O2/c1-12(15(21)14-3-2-13(16)10-17-14)11-19-6-4-18(5-7-19)8-9-20/h2-3,10,12,15,20-21H,4-9,11H2,1H3. The van der Waals surface area contributed by atoms with Gasteiger partial charge in [0.25, 0.3) is 0 Å². The molecule has 2 atom stereocenters. The maximum absolute atomic E-state index is 12.8. The summed E-state index contributed by atoms with van der Waals surface area (Å²) in [5, 5.41) is 19.2. The molecule has 1 fully saturated rings. The topological polar surface area (TPSA) is 59.8 Å². The van der Waals surface area contributed by atoms with Crippen molar-refractivity contribution in [1.82, 2.24) is 14.8 Å². The van der Waals surface area contributed by atoms with Crippen LogP contribution in [0.3, 0.4) is 0 Å². The lowest BCUT2D eigenvalue weighted by atomic mass is 10.0. The normalized spacial score (nSPS) is 20.4. The Kier molecular flexibility index (Phi) is 6.05. The zero-order valence-corrected chi connectivity index (χ0v) is 12.5. The lowest BCUT2D eigenvalue weighted by Gasteiger charge is -2.36. The zero-order chi connectivity index (χ0) is 15.2. The molecule has 0 saturated carbocycles. The Morgan fingerprint density at radius 2 is 1.90 bits per heavy atom. The summed E-state index contributed by atoms with van der Waals surface area (Å²) in [7, 11) is 0. The van der Waals surface area contributed by atoms with Crippen molar-refractivity contribution in [3.63, 3.8) is 0 Å². The SMILES string of the molecule is CC(CN1CCN(CCO)CC1)C(O)c1ccc(F)cn1. The monoisotopic (exact) mass is 297 g/mol. The molecule has 1 saturated heterocycles. The molecule has 2 heterocycles. The summed E-state index contributed by atoms with van der Waals surface area (Å²) >= 11 is 0. The summed E-state index contributed by atoms with van der Waals surface area (Å²) in [5.74, 6) is -0.356. The van der Waals surface area contributed by atoms with E-state index in [2.05, 4.69) is 14.8 Å². The van der Waals surface area contributed by atoms with Gasteiger partial charge in [0, 0.05) is 45.2 Å². The summed E-state index contributed by atoms with van der Waals surface area (Å²) < 4.78 is 12.8. The predicted molar refractivity (Wildman–Crippen MR) is 78.3 cm³/mol. The number of β-amino-alcohol motifs (C(OH)–C–C–N with tert-alkyl or cyclic N) is 1. The van der Waals surface area contributed by atoms with Gasteiger partial charge in [0.05, 0.1) is 24.6 Å². The Morgan fingerprint density at radius 1 is 1.24 bits per heavy atom. The van der Waals surface area contributed by atoms with E-state index in [4.69, 9.17) is 5.11 Å². The van der Waals surface area contributed by atoms with Crippen LogP contribution < -0.4 is 0 Å². The molecular weight excluding hydrogens is 273 g/mol. The van der Waals surface area contributed by atoms with Crippen LogP contribution in [-0.4, -0.2) is 70.9 Å². The van der Waals surface area contributed by atoms with E-state index in [1.807, 2.05) is 6.92 Å². The fourth-order valence-electron chi connectivity index (χ4n) is 2.70. The van der Waals surface area contributed by atoms with Crippen molar-refractivity contribution in [2.24, 2.45) is 5.92 Å². The van der Waals surface area contributed by atoms with Crippen LogP contribution in [-0.2, 0) is 0 Å². The number of nitrogens with zero attached hydrogens (tertiary/aromatic N) is 3. The van der Waals surface area contributed by atoms with Crippen LogP contribution >= 0.6 is 0 Å². The fraction of sp³-hybridized carbons (Fsp3) is 0.667. The first kappa shape index (κ1) is 16.3. The van der Waals surface area contributed by atoms with Crippen molar-refractivity contribution in [1.29, 1.82) is 0 Å². The molecule has 2 unspecified atom stereocenters. The van der Waals surface area contributed by atoms with E-state index < -0.39 is 11.9 Å². The van der Waals surface area contributed by atoms with Gasteiger partial charge in [0.2, 0.25) is 0 Å². The largest absolute Gasteiger partial charge is 0.395 e. The third-order valence-electron chi connectivity index (χ3n) is 4.02. The van der Waals surface area contributed by atoms with Gasteiger partial charge in [-0.2, -0.15) is 0 Å². The number of aromatic nitrogens is 1. The van der Waals surface area contributed by atoms with Crippen LogP contribution in [0.25, 0.3) is 0 Å². The van der Waals surface area contributed by atoms with E-state index in [-0.39, 0.29) is 12.5 Å². The summed E-state index contributed by atoms with van der Waals surface area (Å²) in [6.07, 6.45) is 0.458. The number of aliphatic hydroxyl groups excluding tert-OH is 2. The summed E-state index contributed by atoms with van der Waals surface area (Å²) in [4.78, 5) is 8.50. The maximum atomic E-state index is 12.8. The average molecular weight is 297 g/mol. The van der Waals surface area contributed by atoms with Crippen molar-refractivity contribution in [3.8, 4) is 0 Å². The van der Waals surface area contributed by atoms with E-state index in [9.17, 15) is 9.50 Å². The molecule has 1 aliphatic heterocycles. The Balaban J connectivity index is 1.81. The van der Waals surface area contributed by atoms with Crippen molar-refractivity contribution in [2.75, 3.05) is 45.9 Å². The molecule has 0 spiro atoms. The molecule has 2 N–H and O–H groups in total. The molecule has 0 amide bonds. The number of hydrogen-bond acceptors (Lipinski definition) is 5. The summed E-state index contributed by atoms with van der Waals surface area (Å²) in [6, 6.07) is 2.86. The van der Waals surface area contributed by atoms with Crippen molar-refractivity contribution < 1.29 is 14.6 Å². The molecule has 1 aliphatic rings. The average Bonchev–Trinajstić information content (AvgIpc) is 2.49. The van der Waals surface area contributed by atoms with Crippen molar-refractivity contribution in [2.45, 2.75) is 13.0 Å². The molecule has 1 aromatic rings. The van der Waals surface area contributed by atoms with Gasteiger partial charge >= 0.3 is 0 Å². The molecule has 21 heavy (non-hydrogen) atoms. The Labute approximate surface area is 125 Å². The molecule has 5 nitrogen and oxygen atoms in total. The van der Waals surface area contributed by atoms with Gasteiger partial charge in [-0.1, -0.05) is 6.92 Å². The van der Waals surface area contributed by atoms with Gasteiger partial charge in [-0.25, -0.2) is 4.39 Å². The molecule has 0 bridgehead atoms. The highest BCUT2D eigenvalue weighted by Crippen LogP contribution is 2.21.